The highest BCUT2D eigenvalue weighted by atomic mass is 127. The minimum absolute atomic E-state index is 0.735. The van der Waals surface area contributed by atoms with E-state index in [1.807, 2.05) is 18.2 Å². The zero-order valence-corrected chi connectivity index (χ0v) is 9.52. The Bertz CT molecular complexity index is 510. The van der Waals surface area contributed by atoms with Gasteiger partial charge >= 0.3 is 0 Å². The normalized spacial score (nSPS) is 10.2. The van der Waals surface area contributed by atoms with Gasteiger partial charge in [-0.1, -0.05) is 0 Å². The van der Waals surface area contributed by atoms with Gasteiger partial charge in [-0.15, -0.1) is 11.3 Å². The molecule has 0 bridgehead atoms. The number of hydrogen-bond acceptors (Lipinski definition) is 3. The molecule has 2 rings (SSSR count). The number of nitrogens with zero attached hydrogens (tertiary/aromatic N) is 1. The van der Waals surface area contributed by atoms with Crippen molar-refractivity contribution in [1.29, 1.82) is 5.26 Å². The summed E-state index contributed by atoms with van der Waals surface area (Å²) in [5.41, 5.74) is 6.45. The van der Waals surface area contributed by atoms with Gasteiger partial charge in [0.2, 0.25) is 0 Å². The number of thiophene rings is 1. The van der Waals surface area contributed by atoms with Gasteiger partial charge in [0.15, 0.2) is 0 Å². The van der Waals surface area contributed by atoms with Gasteiger partial charge in [0.25, 0.3) is 0 Å². The maximum absolute atomic E-state index is 8.73. The van der Waals surface area contributed by atoms with Crippen LogP contribution < -0.4 is 5.73 Å². The summed E-state index contributed by atoms with van der Waals surface area (Å²) in [5.74, 6) is 0. The largest absolute Gasteiger partial charge is 0.399 e. The van der Waals surface area contributed by atoms with Gasteiger partial charge in [-0.3, -0.25) is 0 Å². The fourth-order valence-corrected chi connectivity index (χ4v) is 3.09. The van der Waals surface area contributed by atoms with Crippen molar-refractivity contribution in [1.82, 2.24) is 0 Å². The van der Waals surface area contributed by atoms with Crippen molar-refractivity contribution in [3.8, 4) is 6.07 Å². The molecule has 0 spiro atoms. The number of fused-ring (bicyclic) bond motifs is 1. The number of benzene rings is 1. The Morgan fingerprint density at radius 1 is 1.38 bits per heavy atom. The van der Waals surface area contributed by atoms with E-state index in [0.717, 1.165) is 24.2 Å². The third-order valence-electron chi connectivity index (χ3n) is 1.72. The summed E-state index contributed by atoms with van der Waals surface area (Å²) >= 11 is 3.71. The molecule has 13 heavy (non-hydrogen) atoms. The van der Waals surface area contributed by atoms with Gasteiger partial charge in [0.05, 0.1) is 0 Å². The van der Waals surface area contributed by atoms with Crippen LogP contribution in [0.3, 0.4) is 0 Å². The van der Waals surface area contributed by atoms with Crippen LogP contribution in [0.25, 0.3) is 10.1 Å². The molecular formula is C9H5IN2S. The predicted molar refractivity (Wildman–Crippen MR) is 63.7 cm³/mol. The van der Waals surface area contributed by atoms with Crippen molar-refractivity contribution in [3.05, 3.63) is 26.6 Å². The number of nitriles is 1. The molecule has 0 saturated heterocycles. The number of rotatable bonds is 0. The van der Waals surface area contributed by atoms with Crippen molar-refractivity contribution in [2.75, 3.05) is 5.73 Å². The van der Waals surface area contributed by atoms with Gasteiger partial charge in [-0.05, 0) is 40.8 Å². The molecular weight excluding hydrogens is 295 g/mol. The lowest BCUT2D eigenvalue weighted by atomic mass is 10.2. The van der Waals surface area contributed by atoms with Crippen LogP contribution in [0.5, 0.6) is 0 Å². The van der Waals surface area contributed by atoms with Crippen LogP contribution in [-0.2, 0) is 0 Å². The Balaban J connectivity index is 2.84. The van der Waals surface area contributed by atoms with E-state index in [2.05, 4.69) is 28.7 Å². The van der Waals surface area contributed by atoms with Crippen LogP contribution in [0.15, 0.2) is 18.2 Å². The fraction of sp³-hybridized carbons (Fsp3) is 0. The first kappa shape index (κ1) is 8.78. The van der Waals surface area contributed by atoms with E-state index in [1.165, 1.54) is 11.3 Å². The topological polar surface area (TPSA) is 49.8 Å². The summed E-state index contributed by atoms with van der Waals surface area (Å²) < 4.78 is 2.19. The summed E-state index contributed by atoms with van der Waals surface area (Å²) in [6.45, 7) is 0. The summed E-state index contributed by atoms with van der Waals surface area (Å²) in [5, 5.41) is 9.85. The third kappa shape index (κ3) is 1.49. The van der Waals surface area contributed by atoms with Crippen molar-refractivity contribution in [2.24, 2.45) is 0 Å². The van der Waals surface area contributed by atoms with Crippen molar-refractivity contribution < 1.29 is 0 Å². The van der Waals surface area contributed by atoms with E-state index in [-0.39, 0.29) is 0 Å². The average molecular weight is 300 g/mol. The highest BCUT2D eigenvalue weighted by molar-refractivity contribution is 14.1. The molecule has 0 atom stereocenters. The second kappa shape index (κ2) is 3.16. The maximum Gasteiger partial charge on any atom is 0.110 e. The standard InChI is InChI=1S/C9H5IN2S/c10-8-1-5(12)2-9-7(8)3-6(4-11)13-9/h1-3H,12H2. The molecule has 2 aromatic rings. The van der Waals surface area contributed by atoms with Crippen LogP contribution in [0.4, 0.5) is 5.69 Å². The third-order valence-corrected chi connectivity index (χ3v) is 3.60. The molecule has 1 aromatic heterocycles. The molecule has 1 heterocycles. The Morgan fingerprint density at radius 3 is 2.85 bits per heavy atom. The predicted octanol–water partition coefficient (Wildman–Crippen LogP) is 2.96. The molecule has 2 nitrogen and oxygen atoms in total. The highest BCUT2D eigenvalue weighted by Crippen LogP contribution is 2.30. The molecule has 0 fully saturated rings. The van der Waals surface area contributed by atoms with Crippen molar-refractivity contribution in [3.63, 3.8) is 0 Å². The molecule has 64 valence electrons. The first-order valence-electron chi connectivity index (χ1n) is 3.59. The summed E-state index contributed by atoms with van der Waals surface area (Å²) in [7, 11) is 0. The molecule has 1 aromatic carbocycles. The molecule has 0 aliphatic heterocycles. The molecule has 2 N–H and O–H groups in total. The molecule has 0 aliphatic rings. The number of nitrogen functional groups attached to an aromatic ring is 1. The average Bonchev–Trinajstić information content (AvgIpc) is 2.47. The molecule has 0 radical (unpaired) electrons. The number of hydrogen-bond donors (Lipinski definition) is 1. The Morgan fingerprint density at radius 2 is 2.15 bits per heavy atom. The van der Waals surface area contributed by atoms with E-state index in [0.29, 0.717) is 0 Å². The van der Waals surface area contributed by atoms with Gasteiger partial charge in [0.1, 0.15) is 10.9 Å². The Kier molecular flexibility index (Phi) is 2.14. The van der Waals surface area contributed by atoms with Crippen molar-refractivity contribution >= 4 is 49.7 Å². The first-order valence-corrected chi connectivity index (χ1v) is 5.49. The van der Waals surface area contributed by atoms with Gasteiger partial charge in [0, 0.05) is 19.3 Å². The summed E-state index contributed by atoms with van der Waals surface area (Å²) in [6.07, 6.45) is 0. The van der Waals surface area contributed by atoms with E-state index in [4.69, 9.17) is 11.0 Å². The summed E-state index contributed by atoms with van der Waals surface area (Å²) in [6, 6.07) is 7.86. The van der Waals surface area contributed by atoms with Gasteiger partial charge in [-0.25, -0.2) is 0 Å². The van der Waals surface area contributed by atoms with Gasteiger partial charge in [-0.2, -0.15) is 5.26 Å². The maximum atomic E-state index is 8.73. The Hall–Kier alpha value is -0.800. The first-order chi connectivity index (χ1) is 6.20. The van der Waals surface area contributed by atoms with Crippen LogP contribution >= 0.6 is 33.9 Å². The number of halogens is 1. The lowest BCUT2D eigenvalue weighted by Gasteiger charge is -1.95. The lowest BCUT2D eigenvalue weighted by Crippen LogP contribution is -1.84. The Labute approximate surface area is 93.1 Å². The number of anilines is 1. The second-order valence-corrected chi connectivity index (χ2v) is 4.88. The highest BCUT2D eigenvalue weighted by Gasteiger charge is 2.05. The molecule has 0 unspecified atom stereocenters. The van der Waals surface area contributed by atoms with Crippen molar-refractivity contribution in [2.45, 2.75) is 0 Å². The lowest BCUT2D eigenvalue weighted by molar-refractivity contribution is 1.52. The minimum atomic E-state index is 0.735. The van der Waals surface area contributed by atoms with E-state index in [9.17, 15) is 0 Å². The molecule has 0 saturated carbocycles. The van der Waals surface area contributed by atoms with E-state index < -0.39 is 0 Å². The van der Waals surface area contributed by atoms with Crippen LogP contribution in [0.2, 0.25) is 0 Å². The molecule has 4 heteroatoms. The van der Waals surface area contributed by atoms with Crippen LogP contribution in [0.1, 0.15) is 4.88 Å². The SMILES string of the molecule is N#Cc1cc2c(I)cc(N)cc2s1. The van der Waals surface area contributed by atoms with E-state index >= 15 is 0 Å². The zero-order valence-electron chi connectivity index (χ0n) is 6.54. The quantitative estimate of drug-likeness (QED) is 0.600. The van der Waals surface area contributed by atoms with E-state index in [1.54, 1.807) is 0 Å². The second-order valence-electron chi connectivity index (χ2n) is 2.64. The molecule has 0 amide bonds. The van der Waals surface area contributed by atoms with Crippen LogP contribution in [-0.4, -0.2) is 0 Å². The minimum Gasteiger partial charge on any atom is -0.399 e. The van der Waals surface area contributed by atoms with Crippen LogP contribution in [0, 0.1) is 14.9 Å². The monoisotopic (exact) mass is 300 g/mol. The number of nitrogens with two attached hydrogens (primary N) is 1. The van der Waals surface area contributed by atoms with Gasteiger partial charge < -0.3 is 5.73 Å². The fourth-order valence-electron chi connectivity index (χ4n) is 1.17. The molecule has 0 aliphatic carbocycles. The summed E-state index contributed by atoms with van der Waals surface area (Å²) in [4.78, 5) is 0.735. The smallest absolute Gasteiger partial charge is 0.110 e. The zero-order chi connectivity index (χ0) is 9.42.